The Balaban J connectivity index is 0.00000288. The molecule has 24 heavy (non-hydrogen) atoms. The SMILES string of the molecule is CN=C(NCCc1ccc(F)cc1)NCCN1CCC(C)CC1.I. The number of rotatable bonds is 6. The Bertz CT molecular complexity index is 484. The number of benzene rings is 1. The van der Waals surface area contributed by atoms with E-state index in [-0.39, 0.29) is 29.8 Å². The van der Waals surface area contributed by atoms with Crippen LogP contribution in [-0.2, 0) is 6.42 Å². The van der Waals surface area contributed by atoms with Crippen LogP contribution in [-0.4, -0.2) is 50.6 Å². The van der Waals surface area contributed by atoms with E-state index in [0.29, 0.717) is 0 Å². The van der Waals surface area contributed by atoms with Gasteiger partial charge < -0.3 is 15.5 Å². The molecule has 0 bridgehead atoms. The highest BCUT2D eigenvalue weighted by molar-refractivity contribution is 14.0. The lowest BCUT2D eigenvalue weighted by Crippen LogP contribution is -2.43. The first kappa shape index (κ1) is 21.2. The molecule has 1 aromatic rings. The van der Waals surface area contributed by atoms with Gasteiger partial charge >= 0.3 is 0 Å². The molecular formula is C18H30FIN4. The molecule has 6 heteroatoms. The average molecular weight is 448 g/mol. The summed E-state index contributed by atoms with van der Waals surface area (Å²) in [5.41, 5.74) is 1.12. The Morgan fingerprint density at radius 3 is 2.42 bits per heavy atom. The van der Waals surface area contributed by atoms with Crippen LogP contribution in [0.2, 0.25) is 0 Å². The quantitative estimate of drug-likeness (QED) is 0.400. The number of hydrogen-bond acceptors (Lipinski definition) is 2. The second-order valence-electron chi connectivity index (χ2n) is 6.33. The Morgan fingerprint density at radius 1 is 1.17 bits per heavy atom. The Morgan fingerprint density at radius 2 is 1.79 bits per heavy atom. The molecule has 1 saturated heterocycles. The van der Waals surface area contributed by atoms with Crippen LogP contribution >= 0.6 is 24.0 Å². The first-order chi connectivity index (χ1) is 11.2. The standard InChI is InChI=1S/C18H29FN4.HI/c1-15-8-12-23(13-9-15)14-11-22-18(20-2)21-10-7-16-3-5-17(19)6-4-16;/h3-6,15H,7-14H2,1-2H3,(H2,20,21,22);1H. The van der Waals surface area contributed by atoms with Gasteiger partial charge in [-0.3, -0.25) is 4.99 Å². The molecule has 0 aliphatic carbocycles. The fourth-order valence-corrected chi connectivity index (χ4v) is 2.82. The van der Waals surface area contributed by atoms with E-state index in [2.05, 4.69) is 27.4 Å². The molecule has 0 spiro atoms. The molecule has 0 unspecified atom stereocenters. The number of aliphatic imine (C=N–C) groups is 1. The van der Waals surface area contributed by atoms with Gasteiger partial charge in [-0.25, -0.2) is 4.39 Å². The summed E-state index contributed by atoms with van der Waals surface area (Å²) in [4.78, 5) is 6.76. The van der Waals surface area contributed by atoms with Crippen LogP contribution < -0.4 is 10.6 Å². The summed E-state index contributed by atoms with van der Waals surface area (Å²) in [5, 5.41) is 6.66. The van der Waals surface area contributed by atoms with Crippen LogP contribution in [0.4, 0.5) is 4.39 Å². The van der Waals surface area contributed by atoms with Crippen molar-refractivity contribution in [3.05, 3.63) is 35.6 Å². The van der Waals surface area contributed by atoms with E-state index in [1.54, 1.807) is 7.05 Å². The van der Waals surface area contributed by atoms with Crippen LogP contribution in [0.3, 0.4) is 0 Å². The Labute approximate surface area is 162 Å². The maximum atomic E-state index is 12.9. The largest absolute Gasteiger partial charge is 0.356 e. The summed E-state index contributed by atoms with van der Waals surface area (Å²) in [6, 6.07) is 6.65. The van der Waals surface area contributed by atoms with Gasteiger partial charge in [0.05, 0.1) is 0 Å². The highest BCUT2D eigenvalue weighted by atomic mass is 127. The highest BCUT2D eigenvalue weighted by Crippen LogP contribution is 2.15. The van der Waals surface area contributed by atoms with Crippen molar-refractivity contribution in [1.29, 1.82) is 0 Å². The van der Waals surface area contributed by atoms with Crippen molar-refractivity contribution in [1.82, 2.24) is 15.5 Å². The molecule has 1 aliphatic rings. The molecule has 1 aromatic carbocycles. The summed E-state index contributed by atoms with van der Waals surface area (Å²) >= 11 is 0. The van der Waals surface area contributed by atoms with E-state index >= 15 is 0 Å². The van der Waals surface area contributed by atoms with Crippen molar-refractivity contribution in [3.63, 3.8) is 0 Å². The lowest BCUT2D eigenvalue weighted by atomic mass is 9.99. The second-order valence-corrected chi connectivity index (χ2v) is 6.33. The number of nitrogens with one attached hydrogen (secondary N) is 2. The van der Waals surface area contributed by atoms with Gasteiger partial charge in [-0.2, -0.15) is 0 Å². The number of likely N-dealkylation sites (tertiary alicyclic amines) is 1. The molecule has 4 nitrogen and oxygen atoms in total. The summed E-state index contributed by atoms with van der Waals surface area (Å²) < 4.78 is 12.9. The third-order valence-electron chi connectivity index (χ3n) is 4.44. The van der Waals surface area contributed by atoms with E-state index in [1.807, 2.05) is 12.1 Å². The molecule has 1 aliphatic heterocycles. The molecule has 0 amide bonds. The predicted molar refractivity (Wildman–Crippen MR) is 110 cm³/mol. The van der Waals surface area contributed by atoms with E-state index in [4.69, 9.17) is 0 Å². The molecule has 0 saturated carbocycles. The van der Waals surface area contributed by atoms with Crippen molar-refractivity contribution in [2.24, 2.45) is 10.9 Å². The molecule has 1 fully saturated rings. The number of halogens is 2. The van der Waals surface area contributed by atoms with Crippen LogP contribution in [0.15, 0.2) is 29.3 Å². The summed E-state index contributed by atoms with van der Waals surface area (Å²) in [6.07, 6.45) is 3.47. The summed E-state index contributed by atoms with van der Waals surface area (Å²) in [7, 11) is 1.79. The first-order valence-corrected chi connectivity index (χ1v) is 8.58. The lowest BCUT2D eigenvalue weighted by molar-refractivity contribution is 0.195. The number of piperidine rings is 1. The van der Waals surface area contributed by atoms with Crippen molar-refractivity contribution in [3.8, 4) is 0 Å². The van der Waals surface area contributed by atoms with E-state index < -0.39 is 0 Å². The average Bonchev–Trinajstić information content (AvgIpc) is 2.57. The molecule has 1 heterocycles. The van der Waals surface area contributed by atoms with E-state index in [9.17, 15) is 4.39 Å². The van der Waals surface area contributed by atoms with E-state index in [0.717, 1.165) is 43.5 Å². The smallest absolute Gasteiger partial charge is 0.191 e. The van der Waals surface area contributed by atoms with Gasteiger partial charge in [0.2, 0.25) is 0 Å². The van der Waals surface area contributed by atoms with Crippen LogP contribution in [0, 0.1) is 11.7 Å². The van der Waals surface area contributed by atoms with Crippen molar-refractivity contribution >= 4 is 29.9 Å². The zero-order valence-corrected chi connectivity index (χ0v) is 17.1. The number of nitrogens with zero attached hydrogens (tertiary/aromatic N) is 2. The van der Waals surface area contributed by atoms with Gasteiger partial charge in [0.15, 0.2) is 5.96 Å². The van der Waals surface area contributed by atoms with Gasteiger partial charge in [0.25, 0.3) is 0 Å². The van der Waals surface area contributed by atoms with Gasteiger partial charge in [-0.1, -0.05) is 19.1 Å². The normalized spacial score (nSPS) is 16.5. The number of hydrogen-bond donors (Lipinski definition) is 2. The maximum Gasteiger partial charge on any atom is 0.191 e. The second kappa shape index (κ2) is 11.6. The monoisotopic (exact) mass is 448 g/mol. The summed E-state index contributed by atoms with van der Waals surface area (Å²) in [6.45, 7) is 7.50. The lowest BCUT2D eigenvalue weighted by Gasteiger charge is -2.30. The van der Waals surface area contributed by atoms with Gasteiger partial charge in [0, 0.05) is 26.7 Å². The molecule has 136 valence electrons. The molecule has 2 rings (SSSR count). The topological polar surface area (TPSA) is 39.7 Å². The third-order valence-corrected chi connectivity index (χ3v) is 4.44. The molecule has 0 aromatic heterocycles. The maximum absolute atomic E-state index is 12.9. The molecule has 0 radical (unpaired) electrons. The highest BCUT2D eigenvalue weighted by Gasteiger charge is 2.14. The van der Waals surface area contributed by atoms with Crippen molar-refractivity contribution < 1.29 is 4.39 Å². The van der Waals surface area contributed by atoms with Crippen LogP contribution in [0.5, 0.6) is 0 Å². The molecular weight excluding hydrogens is 418 g/mol. The van der Waals surface area contributed by atoms with Crippen molar-refractivity contribution in [2.75, 3.05) is 39.8 Å². The molecule has 0 atom stereocenters. The van der Waals surface area contributed by atoms with Gasteiger partial charge in [0.1, 0.15) is 5.82 Å². The minimum Gasteiger partial charge on any atom is -0.356 e. The van der Waals surface area contributed by atoms with Crippen molar-refractivity contribution in [2.45, 2.75) is 26.2 Å². The minimum absolute atomic E-state index is 0. The number of guanidine groups is 1. The zero-order valence-electron chi connectivity index (χ0n) is 14.7. The fraction of sp³-hybridized carbons (Fsp3) is 0.611. The van der Waals surface area contributed by atoms with Gasteiger partial charge in [-0.15, -0.1) is 24.0 Å². The predicted octanol–water partition coefficient (Wildman–Crippen LogP) is 2.88. The minimum atomic E-state index is -0.189. The fourth-order valence-electron chi connectivity index (χ4n) is 2.82. The zero-order chi connectivity index (χ0) is 16.5. The van der Waals surface area contributed by atoms with E-state index in [1.165, 1.54) is 38.1 Å². The van der Waals surface area contributed by atoms with Crippen LogP contribution in [0.25, 0.3) is 0 Å². The first-order valence-electron chi connectivity index (χ1n) is 8.58. The van der Waals surface area contributed by atoms with Gasteiger partial charge in [-0.05, 0) is 56.0 Å². The third kappa shape index (κ3) is 7.79. The Hall–Kier alpha value is -0.890. The Kier molecular flexibility index (Phi) is 10.2. The van der Waals surface area contributed by atoms with Crippen LogP contribution in [0.1, 0.15) is 25.3 Å². The molecule has 2 N–H and O–H groups in total. The summed E-state index contributed by atoms with van der Waals surface area (Å²) in [5.74, 6) is 1.52.